The molecule has 0 radical (unpaired) electrons. The van der Waals surface area contributed by atoms with E-state index in [0.717, 1.165) is 19.4 Å². The first kappa shape index (κ1) is 19.0. The van der Waals surface area contributed by atoms with Gasteiger partial charge in [-0.25, -0.2) is 9.07 Å². The molecule has 2 aromatic rings. The molecule has 1 aromatic heterocycles. The Hall–Kier alpha value is -2.81. The van der Waals surface area contributed by atoms with Crippen molar-refractivity contribution in [2.75, 3.05) is 26.2 Å². The Kier molecular flexibility index (Phi) is 6.12. The third-order valence-corrected chi connectivity index (χ3v) is 4.68. The maximum absolute atomic E-state index is 13.7. The highest BCUT2D eigenvalue weighted by Crippen LogP contribution is 2.15. The second-order valence-corrected chi connectivity index (χ2v) is 6.69. The van der Waals surface area contributed by atoms with Crippen LogP contribution < -0.4 is 11.1 Å². The lowest BCUT2D eigenvalue weighted by Crippen LogP contribution is -2.44. The highest BCUT2D eigenvalue weighted by atomic mass is 19.1. The number of nitrogens with two attached hydrogens (primary N) is 1. The molecule has 2 amide bonds. The molecule has 1 aliphatic heterocycles. The summed E-state index contributed by atoms with van der Waals surface area (Å²) in [4.78, 5) is 25.6. The molecule has 1 aromatic carbocycles. The molecule has 3 N–H and O–H groups in total. The minimum absolute atomic E-state index is 0.118. The molecule has 0 spiro atoms. The zero-order chi connectivity index (χ0) is 19.2. The Morgan fingerprint density at radius 1 is 1.33 bits per heavy atom. The van der Waals surface area contributed by atoms with Crippen molar-refractivity contribution in [3.05, 3.63) is 47.5 Å². The number of hydrogen-bond donors (Lipinski definition) is 2. The van der Waals surface area contributed by atoms with Crippen LogP contribution in [0.4, 0.5) is 4.39 Å². The Balaban J connectivity index is 1.47. The molecular formula is C18H23FN6O2. The number of hydrogen-bond acceptors (Lipinski definition) is 5. The molecule has 1 aliphatic rings. The normalized spacial score (nSPS) is 17.6. The highest BCUT2D eigenvalue weighted by Gasteiger charge is 2.23. The maximum Gasteiger partial charge on any atom is 0.273 e. The third-order valence-electron chi connectivity index (χ3n) is 4.68. The number of carbonyl (C=O) groups is 2. The molecule has 3 rings (SSSR count). The minimum atomic E-state index is -0.335. The number of amides is 2. The largest absolute Gasteiger partial charge is 0.369 e. The van der Waals surface area contributed by atoms with Crippen LogP contribution >= 0.6 is 0 Å². The van der Waals surface area contributed by atoms with Gasteiger partial charge in [-0.15, -0.1) is 5.10 Å². The molecule has 0 unspecified atom stereocenters. The SMILES string of the molecule is NC(=O)[C@@H]1CCCN(CCNC(=O)c2cn(Cc3ccccc3F)nn2)C1. The topological polar surface area (TPSA) is 106 Å². The van der Waals surface area contributed by atoms with Crippen molar-refractivity contribution in [3.63, 3.8) is 0 Å². The van der Waals surface area contributed by atoms with Crippen LogP contribution in [0.2, 0.25) is 0 Å². The van der Waals surface area contributed by atoms with Crippen LogP contribution in [-0.4, -0.2) is 57.9 Å². The van der Waals surface area contributed by atoms with Gasteiger partial charge < -0.3 is 16.0 Å². The zero-order valence-corrected chi connectivity index (χ0v) is 15.0. The lowest BCUT2D eigenvalue weighted by atomic mass is 9.97. The number of rotatable bonds is 7. The van der Waals surface area contributed by atoms with Gasteiger partial charge in [0.05, 0.1) is 18.7 Å². The van der Waals surface area contributed by atoms with Crippen LogP contribution in [0.3, 0.4) is 0 Å². The van der Waals surface area contributed by atoms with E-state index in [1.165, 1.54) is 16.9 Å². The monoisotopic (exact) mass is 374 g/mol. The number of primary amides is 1. The molecule has 0 aliphatic carbocycles. The van der Waals surface area contributed by atoms with Gasteiger partial charge >= 0.3 is 0 Å². The minimum Gasteiger partial charge on any atom is -0.369 e. The van der Waals surface area contributed by atoms with Crippen molar-refractivity contribution < 1.29 is 14.0 Å². The Morgan fingerprint density at radius 3 is 2.93 bits per heavy atom. The molecule has 144 valence electrons. The summed E-state index contributed by atoms with van der Waals surface area (Å²) in [6.07, 6.45) is 3.24. The number of piperidine rings is 1. The standard InChI is InChI=1S/C18H23FN6O2/c19-15-6-2-1-4-13(15)11-25-12-16(22-23-25)18(27)21-7-9-24-8-3-5-14(10-24)17(20)26/h1-2,4,6,12,14H,3,5,7-11H2,(H2,20,26)(H,21,27)/t14-/m1/s1. The van der Waals surface area contributed by atoms with Crippen LogP contribution in [0.5, 0.6) is 0 Å². The smallest absolute Gasteiger partial charge is 0.273 e. The van der Waals surface area contributed by atoms with E-state index in [4.69, 9.17) is 5.73 Å². The molecule has 1 atom stereocenters. The number of carbonyl (C=O) groups excluding carboxylic acids is 2. The molecule has 2 heterocycles. The number of benzene rings is 1. The molecule has 27 heavy (non-hydrogen) atoms. The highest BCUT2D eigenvalue weighted by molar-refractivity contribution is 5.91. The lowest BCUT2D eigenvalue weighted by Gasteiger charge is -2.30. The average molecular weight is 374 g/mol. The van der Waals surface area contributed by atoms with Gasteiger partial charge in [-0.2, -0.15) is 0 Å². The van der Waals surface area contributed by atoms with E-state index < -0.39 is 0 Å². The van der Waals surface area contributed by atoms with Gasteiger partial charge in [0.15, 0.2) is 5.69 Å². The van der Waals surface area contributed by atoms with Crippen LogP contribution in [-0.2, 0) is 11.3 Å². The van der Waals surface area contributed by atoms with Crippen molar-refractivity contribution >= 4 is 11.8 Å². The van der Waals surface area contributed by atoms with E-state index in [1.54, 1.807) is 18.2 Å². The summed E-state index contributed by atoms with van der Waals surface area (Å²) >= 11 is 0. The fraction of sp³-hybridized carbons (Fsp3) is 0.444. The predicted octanol–water partition coefficient (Wildman–Crippen LogP) is 0.393. The first-order chi connectivity index (χ1) is 13.0. The molecule has 0 saturated carbocycles. The predicted molar refractivity (Wildman–Crippen MR) is 96.2 cm³/mol. The van der Waals surface area contributed by atoms with Crippen molar-refractivity contribution in [3.8, 4) is 0 Å². The summed E-state index contributed by atoms with van der Waals surface area (Å²) in [6.45, 7) is 2.79. The van der Waals surface area contributed by atoms with Crippen LogP contribution in [0.1, 0.15) is 28.9 Å². The maximum atomic E-state index is 13.7. The summed E-state index contributed by atoms with van der Waals surface area (Å²) in [5, 5.41) is 10.5. The Morgan fingerprint density at radius 2 is 2.15 bits per heavy atom. The number of likely N-dealkylation sites (tertiary alicyclic amines) is 1. The van der Waals surface area contributed by atoms with Gasteiger partial charge in [-0.3, -0.25) is 9.59 Å². The van der Waals surface area contributed by atoms with Gasteiger partial charge in [0.1, 0.15) is 5.82 Å². The van der Waals surface area contributed by atoms with Gasteiger partial charge in [0.25, 0.3) is 5.91 Å². The van der Waals surface area contributed by atoms with E-state index >= 15 is 0 Å². The summed E-state index contributed by atoms with van der Waals surface area (Å²) in [5.74, 6) is -1.05. The van der Waals surface area contributed by atoms with Gasteiger partial charge in [0, 0.05) is 25.2 Å². The first-order valence-electron chi connectivity index (χ1n) is 8.96. The van der Waals surface area contributed by atoms with E-state index in [2.05, 4.69) is 20.5 Å². The van der Waals surface area contributed by atoms with Gasteiger partial charge in [-0.05, 0) is 25.5 Å². The molecule has 9 heteroatoms. The number of nitrogens with zero attached hydrogens (tertiary/aromatic N) is 4. The molecule has 8 nitrogen and oxygen atoms in total. The lowest BCUT2D eigenvalue weighted by molar-refractivity contribution is -0.123. The summed E-state index contributed by atoms with van der Waals surface area (Å²) < 4.78 is 15.1. The van der Waals surface area contributed by atoms with Crippen LogP contribution in [0, 0.1) is 11.7 Å². The second-order valence-electron chi connectivity index (χ2n) is 6.69. The third kappa shape index (κ3) is 5.10. The quantitative estimate of drug-likeness (QED) is 0.729. The van der Waals surface area contributed by atoms with Crippen molar-refractivity contribution in [2.24, 2.45) is 11.7 Å². The first-order valence-corrected chi connectivity index (χ1v) is 8.96. The van der Waals surface area contributed by atoms with Crippen LogP contribution in [0.15, 0.2) is 30.5 Å². The van der Waals surface area contributed by atoms with Crippen molar-refractivity contribution in [1.29, 1.82) is 0 Å². The zero-order valence-electron chi connectivity index (χ0n) is 15.0. The summed E-state index contributed by atoms with van der Waals surface area (Å²) in [6, 6.07) is 6.40. The number of aromatic nitrogens is 3. The van der Waals surface area contributed by atoms with E-state index in [9.17, 15) is 14.0 Å². The fourth-order valence-corrected chi connectivity index (χ4v) is 3.19. The van der Waals surface area contributed by atoms with Gasteiger partial charge in [-0.1, -0.05) is 23.4 Å². The van der Waals surface area contributed by atoms with E-state index in [1.807, 2.05) is 0 Å². The van der Waals surface area contributed by atoms with Crippen molar-refractivity contribution in [1.82, 2.24) is 25.2 Å². The molecule has 1 fully saturated rings. The van der Waals surface area contributed by atoms with E-state index in [0.29, 0.717) is 25.2 Å². The number of nitrogens with one attached hydrogen (secondary N) is 1. The Bertz CT molecular complexity index is 809. The van der Waals surface area contributed by atoms with Crippen LogP contribution in [0.25, 0.3) is 0 Å². The summed E-state index contributed by atoms with van der Waals surface area (Å²) in [5.41, 5.74) is 6.03. The molecule has 1 saturated heterocycles. The number of halogens is 1. The van der Waals surface area contributed by atoms with Gasteiger partial charge in [0.2, 0.25) is 5.91 Å². The van der Waals surface area contributed by atoms with Crippen molar-refractivity contribution in [2.45, 2.75) is 19.4 Å². The fourth-order valence-electron chi connectivity index (χ4n) is 3.19. The second kappa shape index (κ2) is 8.72. The molecular weight excluding hydrogens is 351 g/mol. The molecule has 0 bridgehead atoms. The Labute approximate surface area is 156 Å². The summed E-state index contributed by atoms with van der Waals surface area (Å²) in [7, 11) is 0. The van der Waals surface area contributed by atoms with E-state index in [-0.39, 0.29) is 35.8 Å². The average Bonchev–Trinajstić information content (AvgIpc) is 3.12.